The van der Waals surface area contributed by atoms with Crippen LogP contribution in [0.3, 0.4) is 0 Å². The molecule has 2 heteroatoms. The van der Waals surface area contributed by atoms with E-state index in [1.807, 2.05) is 6.07 Å². The normalized spacial score (nSPS) is 21.7. The summed E-state index contributed by atoms with van der Waals surface area (Å²) in [6.07, 6.45) is 4.04. The maximum atomic E-state index is 5.90. The molecule has 1 saturated heterocycles. The number of nitrogens with two attached hydrogens (primary N) is 1. The van der Waals surface area contributed by atoms with Gasteiger partial charge in [0.25, 0.3) is 0 Å². The van der Waals surface area contributed by atoms with Crippen molar-refractivity contribution in [2.24, 2.45) is 11.3 Å². The van der Waals surface area contributed by atoms with Gasteiger partial charge in [0, 0.05) is 12.2 Å². The van der Waals surface area contributed by atoms with E-state index in [9.17, 15) is 0 Å². The first kappa shape index (κ1) is 15.4. The maximum Gasteiger partial charge on any atom is 0.0343 e. The Balaban J connectivity index is 1.95. The van der Waals surface area contributed by atoms with E-state index in [0.717, 1.165) is 18.2 Å². The summed E-state index contributed by atoms with van der Waals surface area (Å²) in [4.78, 5) is 2.61. The zero-order valence-corrected chi connectivity index (χ0v) is 13.6. The molecule has 2 N–H and O–H groups in total. The Hall–Kier alpha value is -1.02. The lowest BCUT2D eigenvalue weighted by atomic mass is 9.77. The van der Waals surface area contributed by atoms with Crippen molar-refractivity contribution >= 4 is 5.69 Å². The first-order chi connectivity index (χ1) is 9.36. The van der Waals surface area contributed by atoms with E-state index in [-0.39, 0.29) is 0 Å². The van der Waals surface area contributed by atoms with Crippen LogP contribution in [0.2, 0.25) is 0 Å². The van der Waals surface area contributed by atoms with Gasteiger partial charge in [-0.2, -0.15) is 0 Å². The zero-order chi connectivity index (χ0) is 14.8. The third kappa shape index (κ3) is 3.99. The van der Waals surface area contributed by atoms with Crippen molar-refractivity contribution in [2.75, 3.05) is 18.8 Å². The van der Waals surface area contributed by atoms with Gasteiger partial charge in [-0.05, 0) is 67.8 Å². The summed E-state index contributed by atoms with van der Waals surface area (Å²) < 4.78 is 0. The lowest BCUT2D eigenvalue weighted by Crippen LogP contribution is -2.26. The topological polar surface area (TPSA) is 29.3 Å². The number of hydrogen-bond donors (Lipinski definition) is 1. The van der Waals surface area contributed by atoms with Crippen LogP contribution in [-0.2, 0) is 6.54 Å². The summed E-state index contributed by atoms with van der Waals surface area (Å²) in [5, 5.41) is 0. The SMILES string of the molecule is Cc1cc(CN2CCCC(C(C)(C)C)CC2)ccc1N. The fraction of sp³-hybridized carbons (Fsp3) is 0.667. The minimum atomic E-state index is 0.452. The van der Waals surface area contributed by atoms with Crippen molar-refractivity contribution in [3.05, 3.63) is 29.3 Å². The molecule has 0 radical (unpaired) electrons. The summed E-state index contributed by atoms with van der Waals surface area (Å²) in [7, 11) is 0. The van der Waals surface area contributed by atoms with Crippen LogP contribution in [0.15, 0.2) is 18.2 Å². The fourth-order valence-electron chi connectivity index (χ4n) is 3.27. The minimum absolute atomic E-state index is 0.452. The van der Waals surface area contributed by atoms with E-state index in [2.05, 4.69) is 44.7 Å². The van der Waals surface area contributed by atoms with Crippen LogP contribution < -0.4 is 5.73 Å². The van der Waals surface area contributed by atoms with Crippen LogP contribution in [0.4, 0.5) is 5.69 Å². The predicted octanol–water partition coefficient (Wildman–Crippen LogP) is 4.23. The average molecular weight is 274 g/mol. The lowest BCUT2D eigenvalue weighted by molar-refractivity contribution is 0.206. The van der Waals surface area contributed by atoms with Crippen molar-refractivity contribution in [1.29, 1.82) is 0 Å². The molecule has 112 valence electrons. The number of nitrogens with zero attached hydrogens (tertiary/aromatic N) is 1. The highest BCUT2D eigenvalue weighted by Crippen LogP contribution is 2.34. The molecule has 1 aromatic rings. The Labute approximate surface area is 124 Å². The Kier molecular flexibility index (Phi) is 4.74. The molecule has 0 spiro atoms. The van der Waals surface area contributed by atoms with Gasteiger partial charge in [-0.1, -0.05) is 32.9 Å². The zero-order valence-electron chi connectivity index (χ0n) is 13.6. The van der Waals surface area contributed by atoms with Crippen molar-refractivity contribution in [3.63, 3.8) is 0 Å². The highest BCUT2D eigenvalue weighted by atomic mass is 15.1. The summed E-state index contributed by atoms with van der Waals surface area (Å²) in [5.74, 6) is 0.862. The Morgan fingerprint density at radius 3 is 2.60 bits per heavy atom. The maximum absolute atomic E-state index is 5.90. The third-order valence-electron chi connectivity index (χ3n) is 4.79. The first-order valence-corrected chi connectivity index (χ1v) is 7.93. The second kappa shape index (κ2) is 6.17. The fourth-order valence-corrected chi connectivity index (χ4v) is 3.27. The molecule has 1 aliphatic rings. The second-order valence-corrected chi connectivity index (χ2v) is 7.46. The van der Waals surface area contributed by atoms with E-state index in [1.54, 1.807) is 0 Å². The summed E-state index contributed by atoms with van der Waals surface area (Å²) in [6.45, 7) is 12.8. The molecule has 2 nitrogen and oxygen atoms in total. The van der Waals surface area contributed by atoms with Crippen LogP contribution in [0, 0.1) is 18.3 Å². The van der Waals surface area contributed by atoms with Crippen LogP contribution >= 0.6 is 0 Å². The van der Waals surface area contributed by atoms with Gasteiger partial charge in [-0.25, -0.2) is 0 Å². The van der Waals surface area contributed by atoms with E-state index in [4.69, 9.17) is 5.73 Å². The van der Waals surface area contributed by atoms with Gasteiger partial charge in [0.1, 0.15) is 0 Å². The average Bonchev–Trinajstić information content (AvgIpc) is 2.59. The molecule has 0 aromatic heterocycles. The molecule has 0 amide bonds. The summed E-state index contributed by atoms with van der Waals surface area (Å²) in [6, 6.07) is 6.45. The molecule has 1 heterocycles. The number of rotatable bonds is 2. The van der Waals surface area contributed by atoms with Gasteiger partial charge in [0.05, 0.1) is 0 Å². The summed E-state index contributed by atoms with van der Waals surface area (Å²) >= 11 is 0. The molecule has 1 aliphatic heterocycles. The number of anilines is 1. The molecular formula is C18H30N2. The minimum Gasteiger partial charge on any atom is -0.399 e. The standard InChI is InChI=1S/C18H30N2/c1-14-12-15(7-8-17(14)19)13-20-10-5-6-16(9-11-20)18(2,3)4/h7-8,12,16H,5-6,9-11,13,19H2,1-4H3. The molecule has 0 saturated carbocycles. The number of nitrogen functional groups attached to an aromatic ring is 1. The first-order valence-electron chi connectivity index (χ1n) is 7.93. The second-order valence-electron chi connectivity index (χ2n) is 7.46. The molecular weight excluding hydrogens is 244 g/mol. The van der Waals surface area contributed by atoms with Crippen LogP contribution in [-0.4, -0.2) is 18.0 Å². The Morgan fingerprint density at radius 2 is 1.95 bits per heavy atom. The van der Waals surface area contributed by atoms with Gasteiger partial charge in [0.15, 0.2) is 0 Å². The molecule has 1 aromatic carbocycles. The smallest absolute Gasteiger partial charge is 0.0343 e. The van der Waals surface area contributed by atoms with Crippen LogP contribution in [0.1, 0.15) is 51.2 Å². The molecule has 1 atom stereocenters. The molecule has 1 unspecified atom stereocenters. The van der Waals surface area contributed by atoms with E-state index < -0.39 is 0 Å². The quantitative estimate of drug-likeness (QED) is 0.818. The van der Waals surface area contributed by atoms with E-state index in [0.29, 0.717) is 5.41 Å². The number of benzene rings is 1. The highest BCUT2D eigenvalue weighted by molar-refractivity contribution is 5.47. The van der Waals surface area contributed by atoms with Gasteiger partial charge in [0.2, 0.25) is 0 Å². The number of hydrogen-bond acceptors (Lipinski definition) is 2. The molecule has 0 bridgehead atoms. The largest absolute Gasteiger partial charge is 0.399 e. The molecule has 0 aliphatic carbocycles. The van der Waals surface area contributed by atoms with E-state index >= 15 is 0 Å². The van der Waals surface area contributed by atoms with Crippen molar-refractivity contribution in [3.8, 4) is 0 Å². The summed E-state index contributed by atoms with van der Waals surface area (Å²) in [5.41, 5.74) is 9.85. The predicted molar refractivity (Wildman–Crippen MR) is 87.7 cm³/mol. The van der Waals surface area contributed by atoms with Crippen molar-refractivity contribution < 1.29 is 0 Å². The van der Waals surface area contributed by atoms with E-state index in [1.165, 1.54) is 43.5 Å². The van der Waals surface area contributed by atoms with Crippen molar-refractivity contribution in [2.45, 2.75) is 53.5 Å². The van der Waals surface area contributed by atoms with Gasteiger partial charge in [-0.15, -0.1) is 0 Å². The van der Waals surface area contributed by atoms with Crippen molar-refractivity contribution in [1.82, 2.24) is 4.90 Å². The molecule has 1 fully saturated rings. The Bertz CT molecular complexity index is 445. The monoisotopic (exact) mass is 274 g/mol. The van der Waals surface area contributed by atoms with Gasteiger partial charge >= 0.3 is 0 Å². The number of likely N-dealkylation sites (tertiary alicyclic amines) is 1. The number of aryl methyl sites for hydroxylation is 1. The third-order valence-corrected chi connectivity index (χ3v) is 4.79. The molecule has 20 heavy (non-hydrogen) atoms. The molecule has 2 rings (SSSR count). The lowest BCUT2D eigenvalue weighted by Gasteiger charge is -2.29. The van der Waals surface area contributed by atoms with Crippen LogP contribution in [0.25, 0.3) is 0 Å². The van der Waals surface area contributed by atoms with Crippen LogP contribution in [0.5, 0.6) is 0 Å². The Morgan fingerprint density at radius 1 is 1.20 bits per heavy atom. The van der Waals surface area contributed by atoms with Gasteiger partial charge in [-0.3, -0.25) is 4.90 Å². The highest BCUT2D eigenvalue weighted by Gasteiger charge is 2.26. The van der Waals surface area contributed by atoms with Gasteiger partial charge < -0.3 is 5.73 Å².